The Hall–Kier alpha value is -3.84. The molecular formula is C29H20O. The molecule has 0 radical (unpaired) electrons. The smallest absolute Gasteiger partial charge is 0.135 e. The molecule has 0 aliphatic rings. The third-order valence-corrected chi connectivity index (χ3v) is 5.97. The number of hydrogen-bond acceptors (Lipinski definition) is 1. The van der Waals surface area contributed by atoms with E-state index < -0.39 is 0 Å². The zero-order valence-corrected chi connectivity index (χ0v) is 16.7. The Bertz CT molecular complexity index is 1530. The Morgan fingerprint density at radius 1 is 0.467 bits per heavy atom. The van der Waals surface area contributed by atoms with Crippen LogP contribution in [0.3, 0.4) is 0 Å². The van der Waals surface area contributed by atoms with Gasteiger partial charge < -0.3 is 4.42 Å². The summed E-state index contributed by atoms with van der Waals surface area (Å²) in [5.41, 5.74) is 8.11. The van der Waals surface area contributed by atoms with Crippen LogP contribution in [0.5, 0.6) is 0 Å². The number of fused-ring (bicyclic) bond motifs is 4. The fraction of sp³-hybridized carbons (Fsp3) is 0.0345. The summed E-state index contributed by atoms with van der Waals surface area (Å²) in [5, 5.41) is 4.86. The average molecular weight is 384 g/mol. The molecule has 0 bridgehead atoms. The SMILES string of the molecule is Cc1ccc(-c2ccc(-c3ccc4oc5ccccc5c4c3)c3ccccc23)cc1. The van der Waals surface area contributed by atoms with Crippen molar-refractivity contribution < 1.29 is 4.42 Å². The fourth-order valence-corrected chi connectivity index (χ4v) is 4.43. The lowest BCUT2D eigenvalue weighted by molar-refractivity contribution is 0.669. The Balaban J connectivity index is 1.59. The van der Waals surface area contributed by atoms with Gasteiger partial charge in [0.2, 0.25) is 0 Å². The van der Waals surface area contributed by atoms with Crippen LogP contribution in [0.4, 0.5) is 0 Å². The van der Waals surface area contributed by atoms with Crippen LogP contribution in [0.15, 0.2) is 108 Å². The quantitative estimate of drug-likeness (QED) is 0.292. The molecule has 0 saturated heterocycles. The first-order valence-electron chi connectivity index (χ1n) is 10.3. The summed E-state index contributed by atoms with van der Waals surface area (Å²) in [5.74, 6) is 0. The summed E-state index contributed by atoms with van der Waals surface area (Å²) in [6, 6.07) is 36.7. The van der Waals surface area contributed by atoms with Gasteiger partial charge in [-0.2, -0.15) is 0 Å². The van der Waals surface area contributed by atoms with Crippen molar-refractivity contribution in [2.24, 2.45) is 0 Å². The number of para-hydroxylation sites is 1. The van der Waals surface area contributed by atoms with E-state index in [0.717, 1.165) is 21.9 Å². The summed E-state index contributed by atoms with van der Waals surface area (Å²) >= 11 is 0. The molecule has 0 N–H and O–H groups in total. The van der Waals surface area contributed by atoms with Crippen molar-refractivity contribution in [3.63, 3.8) is 0 Å². The molecule has 5 aromatic carbocycles. The molecule has 1 nitrogen and oxygen atoms in total. The topological polar surface area (TPSA) is 13.1 Å². The first kappa shape index (κ1) is 17.1. The van der Waals surface area contributed by atoms with Crippen molar-refractivity contribution in [1.82, 2.24) is 0 Å². The second-order valence-electron chi connectivity index (χ2n) is 7.88. The van der Waals surface area contributed by atoms with Crippen LogP contribution < -0.4 is 0 Å². The number of furan rings is 1. The van der Waals surface area contributed by atoms with E-state index in [1.807, 2.05) is 12.1 Å². The Morgan fingerprint density at radius 2 is 1.03 bits per heavy atom. The van der Waals surface area contributed by atoms with Gasteiger partial charge in [0, 0.05) is 10.8 Å². The predicted molar refractivity (Wildman–Crippen MR) is 127 cm³/mol. The lowest BCUT2D eigenvalue weighted by Crippen LogP contribution is -1.86. The molecule has 6 aromatic rings. The summed E-state index contributed by atoms with van der Waals surface area (Å²) in [4.78, 5) is 0. The number of benzene rings is 5. The van der Waals surface area contributed by atoms with Gasteiger partial charge in [0.15, 0.2) is 0 Å². The highest BCUT2D eigenvalue weighted by Crippen LogP contribution is 2.38. The molecule has 142 valence electrons. The summed E-state index contributed by atoms with van der Waals surface area (Å²) in [6.07, 6.45) is 0. The number of hydrogen-bond donors (Lipinski definition) is 0. The third kappa shape index (κ3) is 2.63. The maximum atomic E-state index is 6.02. The van der Waals surface area contributed by atoms with Crippen LogP contribution >= 0.6 is 0 Å². The van der Waals surface area contributed by atoms with Gasteiger partial charge in [-0.1, -0.05) is 90.5 Å². The van der Waals surface area contributed by atoms with Gasteiger partial charge in [-0.05, 0) is 58.1 Å². The highest BCUT2D eigenvalue weighted by atomic mass is 16.3. The molecule has 1 aromatic heterocycles. The molecule has 30 heavy (non-hydrogen) atoms. The third-order valence-electron chi connectivity index (χ3n) is 5.97. The van der Waals surface area contributed by atoms with E-state index in [0.29, 0.717) is 0 Å². The van der Waals surface area contributed by atoms with Crippen LogP contribution in [0, 0.1) is 6.92 Å². The van der Waals surface area contributed by atoms with Crippen LogP contribution in [0.25, 0.3) is 55.0 Å². The normalized spacial score (nSPS) is 11.5. The van der Waals surface area contributed by atoms with E-state index in [4.69, 9.17) is 4.42 Å². The van der Waals surface area contributed by atoms with E-state index in [9.17, 15) is 0 Å². The second kappa shape index (κ2) is 6.60. The number of aryl methyl sites for hydroxylation is 1. The van der Waals surface area contributed by atoms with Crippen molar-refractivity contribution in [2.45, 2.75) is 6.92 Å². The van der Waals surface area contributed by atoms with Crippen molar-refractivity contribution in [3.8, 4) is 22.3 Å². The summed E-state index contributed by atoms with van der Waals surface area (Å²) < 4.78 is 6.02. The average Bonchev–Trinajstić information content (AvgIpc) is 3.17. The molecule has 0 aliphatic carbocycles. The Kier molecular flexibility index (Phi) is 3.75. The maximum absolute atomic E-state index is 6.02. The van der Waals surface area contributed by atoms with E-state index in [2.05, 4.69) is 97.9 Å². The van der Waals surface area contributed by atoms with Gasteiger partial charge in [-0.25, -0.2) is 0 Å². The molecule has 0 spiro atoms. The molecule has 0 saturated carbocycles. The standard InChI is InChI=1S/C29H20O/c1-19-10-12-20(13-11-19)22-15-16-23(25-7-3-2-6-24(22)25)21-14-17-29-27(18-21)26-8-4-5-9-28(26)30-29/h2-18H,1H3. The van der Waals surface area contributed by atoms with Gasteiger partial charge in [0.05, 0.1) is 0 Å². The lowest BCUT2D eigenvalue weighted by atomic mass is 9.91. The van der Waals surface area contributed by atoms with E-state index in [1.165, 1.54) is 38.6 Å². The number of rotatable bonds is 2. The largest absolute Gasteiger partial charge is 0.456 e. The van der Waals surface area contributed by atoms with Crippen LogP contribution in [-0.2, 0) is 0 Å². The molecule has 0 amide bonds. The minimum absolute atomic E-state index is 0.931. The van der Waals surface area contributed by atoms with E-state index in [-0.39, 0.29) is 0 Å². The van der Waals surface area contributed by atoms with Gasteiger partial charge in [-0.15, -0.1) is 0 Å². The molecule has 0 atom stereocenters. The highest BCUT2D eigenvalue weighted by molar-refractivity contribution is 6.09. The van der Waals surface area contributed by atoms with Crippen LogP contribution in [-0.4, -0.2) is 0 Å². The summed E-state index contributed by atoms with van der Waals surface area (Å²) in [6.45, 7) is 2.13. The van der Waals surface area contributed by atoms with Gasteiger partial charge in [0.25, 0.3) is 0 Å². The Labute approximate surface area is 175 Å². The molecule has 1 heteroatoms. The van der Waals surface area contributed by atoms with Crippen molar-refractivity contribution in [3.05, 3.63) is 109 Å². The van der Waals surface area contributed by atoms with Crippen LogP contribution in [0.1, 0.15) is 5.56 Å². The van der Waals surface area contributed by atoms with Gasteiger partial charge >= 0.3 is 0 Å². The van der Waals surface area contributed by atoms with E-state index >= 15 is 0 Å². The zero-order valence-electron chi connectivity index (χ0n) is 16.7. The molecule has 1 heterocycles. The monoisotopic (exact) mass is 384 g/mol. The van der Waals surface area contributed by atoms with Crippen molar-refractivity contribution in [1.29, 1.82) is 0 Å². The zero-order chi connectivity index (χ0) is 20.1. The maximum Gasteiger partial charge on any atom is 0.135 e. The fourth-order valence-electron chi connectivity index (χ4n) is 4.43. The predicted octanol–water partition coefficient (Wildman–Crippen LogP) is 8.38. The first-order valence-corrected chi connectivity index (χ1v) is 10.3. The Morgan fingerprint density at radius 3 is 1.77 bits per heavy atom. The molecule has 6 rings (SSSR count). The second-order valence-corrected chi connectivity index (χ2v) is 7.88. The molecule has 0 unspecified atom stereocenters. The molecule has 0 aliphatic heterocycles. The van der Waals surface area contributed by atoms with Crippen molar-refractivity contribution in [2.75, 3.05) is 0 Å². The molecule has 0 fully saturated rings. The van der Waals surface area contributed by atoms with E-state index in [1.54, 1.807) is 0 Å². The minimum atomic E-state index is 0.931. The first-order chi connectivity index (χ1) is 14.8. The van der Waals surface area contributed by atoms with Crippen LogP contribution in [0.2, 0.25) is 0 Å². The lowest BCUT2D eigenvalue weighted by Gasteiger charge is -2.12. The highest BCUT2D eigenvalue weighted by Gasteiger charge is 2.12. The van der Waals surface area contributed by atoms with Crippen molar-refractivity contribution >= 4 is 32.7 Å². The molecular weight excluding hydrogens is 364 g/mol. The minimum Gasteiger partial charge on any atom is -0.456 e. The summed E-state index contributed by atoms with van der Waals surface area (Å²) in [7, 11) is 0. The van der Waals surface area contributed by atoms with Gasteiger partial charge in [0.1, 0.15) is 11.2 Å². The van der Waals surface area contributed by atoms with Gasteiger partial charge in [-0.3, -0.25) is 0 Å².